The number of aryl methyl sites for hydroxylation is 1. The van der Waals surface area contributed by atoms with Gasteiger partial charge >= 0.3 is 0 Å². The topological polar surface area (TPSA) is 70.7 Å². The number of guanidine groups is 1. The Bertz CT molecular complexity index is 579. The van der Waals surface area contributed by atoms with E-state index < -0.39 is 0 Å². The monoisotopic (exact) mass is 494 g/mol. The normalized spacial score (nSPS) is 18.3. The molecule has 1 fully saturated rings. The van der Waals surface area contributed by atoms with Crippen molar-refractivity contribution in [2.24, 2.45) is 16.6 Å². The average molecular weight is 495 g/mol. The first kappa shape index (κ1) is 20.2. The number of carbonyl (C=O) groups excluding carboxylic acids is 1. The molecule has 1 aliphatic heterocycles. The Morgan fingerprint density at radius 3 is 2.96 bits per heavy atom. The Balaban J connectivity index is 0.00000264. The van der Waals surface area contributed by atoms with Gasteiger partial charge in [0.1, 0.15) is 6.54 Å². The summed E-state index contributed by atoms with van der Waals surface area (Å²) in [6, 6.07) is 5.78. The van der Waals surface area contributed by atoms with Gasteiger partial charge in [0.25, 0.3) is 0 Å². The molecule has 0 radical (unpaired) electrons. The van der Waals surface area contributed by atoms with Crippen molar-refractivity contribution in [3.63, 3.8) is 0 Å². The molecular formula is C16H24BrIN4O. The number of hydrogen-bond acceptors (Lipinski definition) is 2. The number of amides is 1. The summed E-state index contributed by atoms with van der Waals surface area (Å²) >= 11 is 3.40. The molecule has 5 nitrogen and oxygen atoms in total. The van der Waals surface area contributed by atoms with Crippen molar-refractivity contribution in [2.45, 2.75) is 26.7 Å². The largest absolute Gasteiger partial charge is 0.370 e. The zero-order valence-electron chi connectivity index (χ0n) is 13.5. The summed E-state index contributed by atoms with van der Waals surface area (Å²) in [4.78, 5) is 18.3. The van der Waals surface area contributed by atoms with Crippen LogP contribution in [0.25, 0.3) is 0 Å². The third-order valence-corrected chi connectivity index (χ3v) is 4.33. The molecule has 0 bridgehead atoms. The van der Waals surface area contributed by atoms with E-state index in [2.05, 4.69) is 38.1 Å². The number of hydrogen-bond donors (Lipinski definition) is 2. The number of carbonyl (C=O) groups is 1. The highest BCUT2D eigenvalue weighted by atomic mass is 127. The van der Waals surface area contributed by atoms with Gasteiger partial charge in [-0.05, 0) is 43.4 Å². The minimum absolute atomic E-state index is 0. The van der Waals surface area contributed by atoms with Gasteiger partial charge in [0.2, 0.25) is 5.91 Å². The van der Waals surface area contributed by atoms with E-state index in [1.807, 2.05) is 25.1 Å². The minimum atomic E-state index is -0.158. The summed E-state index contributed by atoms with van der Waals surface area (Å²) in [7, 11) is 0. The first-order valence-corrected chi connectivity index (χ1v) is 8.36. The zero-order valence-corrected chi connectivity index (χ0v) is 17.4. The van der Waals surface area contributed by atoms with Gasteiger partial charge in [-0.15, -0.1) is 24.0 Å². The van der Waals surface area contributed by atoms with Crippen LogP contribution in [0.4, 0.5) is 5.69 Å². The molecule has 7 heteroatoms. The highest BCUT2D eigenvalue weighted by molar-refractivity contribution is 14.0. The Morgan fingerprint density at radius 1 is 1.52 bits per heavy atom. The molecule has 128 valence electrons. The lowest BCUT2D eigenvalue weighted by atomic mass is 10.0. The zero-order chi connectivity index (χ0) is 16.1. The summed E-state index contributed by atoms with van der Waals surface area (Å²) in [6.45, 7) is 6.05. The highest BCUT2D eigenvalue weighted by Gasteiger charge is 2.17. The minimum Gasteiger partial charge on any atom is -0.370 e. The van der Waals surface area contributed by atoms with E-state index in [1.165, 1.54) is 6.42 Å². The van der Waals surface area contributed by atoms with Gasteiger partial charge in [0.05, 0.1) is 0 Å². The smallest absolute Gasteiger partial charge is 0.246 e. The average Bonchev–Trinajstić information content (AvgIpc) is 2.48. The maximum Gasteiger partial charge on any atom is 0.246 e. The van der Waals surface area contributed by atoms with E-state index in [0.29, 0.717) is 11.9 Å². The highest BCUT2D eigenvalue weighted by Crippen LogP contribution is 2.20. The molecule has 1 aromatic carbocycles. The van der Waals surface area contributed by atoms with Crippen molar-refractivity contribution in [1.29, 1.82) is 0 Å². The SMILES string of the molecule is Cc1ccc(Br)cc1NC(=O)CN=C(N)N1CCCC(C)C1.I. The summed E-state index contributed by atoms with van der Waals surface area (Å²) in [5.74, 6) is 0.933. The Kier molecular flexibility index (Phi) is 8.32. The summed E-state index contributed by atoms with van der Waals surface area (Å²) in [6.07, 6.45) is 2.35. The van der Waals surface area contributed by atoms with Crippen LogP contribution >= 0.6 is 39.9 Å². The van der Waals surface area contributed by atoms with Crippen LogP contribution in [0.15, 0.2) is 27.7 Å². The number of aliphatic imine (C=N–C) groups is 1. The van der Waals surface area contributed by atoms with Crippen LogP contribution < -0.4 is 11.1 Å². The number of piperidine rings is 1. The molecular weight excluding hydrogens is 471 g/mol. The van der Waals surface area contributed by atoms with Crippen LogP contribution in [-0.4, -0.2) is 36.4 Å². The van der Waals surface area contributed by atoms with Crippen molar-refractivity contribution in [3.8, 4) is 0 Å². The number of nitrogens with zero attached hydrogens (tertiary/aromatic N) is 2. The van der Waals surface area contributed by atoms with Gasteiger partial charge in [0, 0.05) is 23.2 Å². The molecule has 1 amide bonds. The number of benzene rings is 1. The number of nitrogens with two attached hydrogens (primary N) is 1. The Labute approximate surface area is 163 Å². The maximum atomic E-state index is 12.0. The van der Waals surface area contributed by atoms with Gasteiger partial charge in [-0.1, -0.05) is 28.9 Å². The fourth-order valence-corrected chi connectivity index (χ4v) is 2.93. The molecule has 1 heterocycles. The first-order chi connectivity index (χ1) is 10.5. The lowest BCUT2D eigenvalue weighted by Crippen LogP contribution is -2.43. The molecule has 0 spiro atoms. The van der Waals surface area contributed by atoms with Gasteiger partial charge in [-0.2, -0.15) is 0 Å². The third kappa shape index (κ3) is 6.29. The van der Waals surface area contributed by atoms with E-state index in [9.17, 15) is 4.79 Å². The number of anilines is 1. The van der Waals surface area contributed by atoms with E-state index in [0.717, 1.165) is 35.2 Å². The summed E-state index contributed by atoms with van der Waals surface area (Å²) in [5, 5.41) is 2.87. The summed E-state index contributed by atoms with van der Waals surface area (Å²) < 4.78 is 0.929. The van der Waals surface area contributed by atoms with Crippen LogP contribution in [0.5, 0.6) is 0 Å². The molecule has 1 aliphatic rings. The molecule has 23 heavy (non-hydrogen) atoms. The van der Waals surface area contributed by atoms with Gasteiger partial charge < -0.3 is 16.0 Å². The number of rotatable bonds is 3. The van der Waals surface area contributed by atoms with E-state index in [1.54, 1.807) is 0 Å². The van der Waals surface area contributed by atoms with Crippen LogP contribution in [0.3, 0.4) is 0 Å². The van der Waals surface area contributed by atoms with E-state index in [4.69, 9.17) is 5.73 Å². The standard InChI is InChI=1S/C16H23BrN4O.HI/c1-11-4-3-7-21(10-11)16(18)19-9-15(22)20-14-8-13(17)6-5-12(14)2;/h5-6,8,11H,3-4,7,9-10H2,1-2H3,(H2,18,19)(H,20,22);1H. The van der Waals surface area contributed by atoms with Crippen LogP contribution in [0.1, 0.15) is 25.3 Å². The molecule has 1 saturated heterocycles. The molecule has 1 unspecified atom stereocenters. The molecule has 0 saturated carbocycles. The second-order valence-electron chi connectivity index (χ2n) is 5.88. The van der Waals surface area contributed by atoms with Crippen LogP contribution in [-0.2, 0) is 4.79 Å². The predicted molar refractivity (Wildman–Crippen MR) is 109 cm³/mol. The predicted octanol–water partition coefficient (Wildman–Crippen LogP) is 3.36. The molecule has 3 N–H and O–H groups in total. The lowest BCUT2D eigenvalue weighted by molar-refractivity contribution is -0.114. The van der Waals surface area contributed by atoms with Gasteiger partial charge in [0.15, 0.2) is 5.96 Å². The fraction of sp³-hybridized carbons (Fsp3) is 0.500. The molecule has 0 aliphatic carbocycles. The second-order valence-corrected chi connectivity index (χ2v) is 6.79. The van der Waals surface area contributed by atoms with Crippen molar-refractivity contribution < 1.29 is 4.79 Å². The molecule has 1 atom stereocenters. The Morgan fingerprint density at radius 2 is 2.26 bits per heavy atom. The lowest BCUT2D eigenvalue weighted by Gasteiger charge is -2.31. The fourth-order valence-electron chi connectivity index (χ4n) is 2.57. The quantitative estimate of drug-likeness (QED) is 0.384. The first-order valence-electron chi connectivity index (χ1n) is 7.56. The molecule has 2 rings (SSSR count). The van der Waals surface area contributed by atoms with E-state index in [-0.39, 0.29) is 36.4 Å². The van der Waals surface area contributed by atoms with E-state index >= 15 is 0 Å². The van der Waals surface area contributed by atoms with Crippen molar-refractivity contribution >= 4 is 57.5 Å². The van der Waals surface area contributed by atoms with Gasteiger partial charge in [-0.3, -0.25) is 4.79 Å². The number of nitrogens with one attached hydrogen (secondary N) is 1. The van der Waals surface area contributed by atoms with Gasteiger partial charge in [-0.25, -0.2) is 4.99 Å². The summed E-state index contributed by atoms with van der Waals surface area (Å²) in [5.41, 5.74) is 7.80. The third-order valence-electron chi connectivity index (χ3n) is 3.84. The van der Waals surface area contributed by atoms with Crippen LogP contribution in [0.2, 0.25) is 0 Å². The van der Waals surface area contributed by atoms with Crippen molar-refractivity contribution in [2.75, 3.05) is 25.0 Å². The van der Waals surface area contributed by atoms with Crippen molar-refractivity contribution in [3.05, 3.63) is 28.2 Å². The van der Waals surface area contributed by atoms with Crippen molar-refractivity contribution in [1.82, 2.24) is 4.90 Å². The molecule has 1 aromatic rings. The second kappa shape index (κ2) is 9.46. The van der Waals surface area contributed by atoms with Crippen LogP contribution in [0, 0.1) is 12.8 Å². The number of likely N-dealkylation sites (tertiary alicyclic amines) is 1. The maximum absolute atomic E-state index is 12.0. The number of halogens is 2. The Hall–Kier alpha value is -0.830. The molecule has 0 aromatic heterocycles.